The van der Waals surface area contributed by atoms with Crippen molar-refractivity contribution in [3.05, 3.63) is 53.0 Å². The number of rotatable bonds is 4. The molecule has 1 aliphatic heterocycles. The first-order valence-electron chi connectivity index (χ1n) is 9.08. The maximum atomic E-state index is 12.8. The average molecular weight is 377 g/mol. The Balaban J connectivity index is 1.78. The highest BCUT2D eigenvalue weighted by atomic mass is 19.4. The quantitative estimate of drug-likeness (QED) is 0.738. The third kappa shape index (κ3) is 4.28. The van der Waals surface area contributed by atoms with Gasteiger partial charge in [0.25, 0.3) is 0 Å². The van der Waals surface area contributed by atoms with Gasteiger partial charge in [-0.3, -0.25) is 4.79 Å². The number of benzene rings is 1. The Hall–Kier alpha value is -2.44. The van der Waals surface area contributed by atoms with E-state index in [1.54, 1.807) is 0 Å². The van der Waals surface area contributed by atoms with Gasteiger partial charge in [0.15, 0.2) is 5.78 Å². The zero-order valence-electron chi connectivity index (χ0n) is 15.4. The zero-order valence-corrected chi connectivity index (χ0v) is 15.4. The summed E-state index contributed by atoms with van der Waals surface area (Å²) in [6, 6.07) is 4.49. The largest absolute Gasteiger partial charge is 0.416 e. The van der Waals surface area contributed by atoms with Crippen LogP contribution in [0.1, 0.15) is 47.1 Å². The van der Waals surface area contributed by atoms with E-state index < -0.39 is 11.7 Å². The average Bonchev–Trinajstić information content (AvgIpc) is 2.67. The van der Waals surface area contributed by atoms with Crippen molar-refractivity contribution in [3.63, 3.8) is 0 Å². The van der Waals surface area contributed by atoms with Gasteiger partial charge < -0.3 is 4.90 Å². The highest BCUT2D eigenvalue weighted by Crippen LogP contribution is 2.31. The van der Waals surface area contributed by atoms with Crippen LogP contribution >= 0.6 is 0 Å². The van der Waals surface area contributed by atoms with E-state index in [2.05, 4.69) is 14.9 Å². The van der Waals surface area contributed by atoms with Crippen LogP contribution in [0.25, 0.3) is 0 Å². The third-order valence-corrected chi connectivity index (χ3v) is 4.93. The normalized spacial score (nSPS) is 17.8. The van der Waals surface area contributed by atoms with Crippen LogP contribution in [0.5, 0.6) is 0 Å². The second-order valence-corrected chi connectivity index (χ2v) is 6.84. The highest BCUT2D eigenvalue weighted by Gasteiger charge is 2.32. The van der Waals surface area contributed by atoms with Crippen LogP contribution in [-0.2, 0) is 12.6 Å². The monoisotopic (exact) mass is 377 g/mol. The van der Waals surface area contributed by atoms with Crippen LogP contribution in [0.4, 0.5) is 19.0 Å². The summed E-state index contributed by atoms with van der Waals surface area (Å²) >= 11 is 0. The van der Waals surface area contributed by atoms with E-state index in [9.17, 15) is 18.0 Å². The van der Waals surface area contributed by atoms with E-state index in [0.717, 1.165) is 49.3 Å². The SMILES string of the molecule is CCc1cnc(C)nc1N1CCC[C@H](C(=O)c2ccc(C(F)(F)F)cc2)C1. The molecule has 1 atom stereocenters. The number of hydrogen-bond acceptors (Lipinski definition) is 4. The van der Waals surface area contributed by atoms with Crippen LogP contribution in [0.3, 0.4) is 0 Å². The summed E-state index contributed by atoms with van der Waals surface area (Å²) < 4.78 is 38.1. The maximum Gasteiger partial charge on any atom is 0.416 e. The van der Waals surface area contributed by atoms with E-state index in [1.165, 1.54) is 12.1 Å². The molecule has 1 fully saturated rings. The summed E-state index contributed by atoms with van der Waals surface area (Å²) in [5.41, 5.74) is 0.612. The Morgan fingerprint density at radius 2 is 1.96 bits per heavy atom. The molecule has 2 aromatic rings. The van der Waals surface area contributed by atoms with Crippen LogP contribution in [-0.4, -0.2) is 28.8 Å². The standard InChI is InChI=1S/C20H22F3N3O/c1-3-14-11-24-13(2)25-19(14)26-10-4-5-16(12-26)18(27)15-6-8-17(9-7-15)20(21,22)23/h6-9,11,16H,3-5,10,12H2,1-2H3/t16-/m0/s1. The molecule has 7 heteroatoms. The molecule has 0 radical (unpaired) electrons. The minimum Gasteiger partial charge on any atom is -0.356 e. The van der Waals surface area contributed by atoms with Gasteiger partial charge in [0, 0.05) is 36.3 Å². The molecule has 1 saturated heterocycles. The van der Waals surface area contributed by atoms with Gasteiger partial charge in [0.2, 0.25) is 0 Å². The summed E-state index contributed by atoms with van der Waals surface area (Å²) in [5.74, 6) is 1.17. The first-order valence-corrected chi connectivity index (χ1v) is 9.08. The van der Waals surface area contributed by atoms with Gasteiger partial charge >= 0.3 is 6.18 Å². The van der Waals surface area contributed by atoms with E-state index >= 15 is 0 Å². The lowest BCUT2D eigenvalue weighted by atomic mass is 9.89. The number of nitrogens with zero attached hydrogens (tertiary/aromatic N) is 3. The summed E-state index contributed by atoms with van der Waals surface area (Å²) in [6.07, 6.45) is -0.224. The zero-order chi connectivity index (χ0) is 19.6. The van der Waals surface area contributed by atoms with Gasteiger partial charge in [-0.05, 0) is 38.3 Å². The van der Waals surface area contributed by atoms with Crippen LogP contribution in [0.2, 0.25) is 0 Å². The van der Waals surface area contributed by atoms with Gasteiger partial charge in [0.05, 0.1) is 5.56 Å². The van der Waals surface area contributed by atoms with Crippen LogP contribution in [0.15, 0.2) is 30.5 Å². The molecule has 0 unspecified atom stereocenters. The number of aryl methyl sites for hydroxylation is 2. The minimum absolute atomic E-state index is 0.114. The number of ketones is 1. The molecule has 0 N–H and O–H groups in total. The van der Waals surface area contributed by atoms with E-state index in [-0.39, 0.29) is 11.7 Å². The molecule has 2 heterocycles. The fourth-order valence-electron chi connectivity index (χ4n) is 3.45. The van der Waals surface area contributed by atoms with Crippen molar-refractivity contribution >= 4 is 11.6 Å². The molecule has 3 rings (SSSR count). The van der Waals surface area contributed by atoms with Gasteiger partial charge in [-0.1, -0.05) is 19.1 Å². The Kier molecular flexibility index (Phi) is 5.48. The Bertz CT molecular complexity index is 818. The van der Waals surface area contributed by atoms with Crippen molar-refractivity contribution in [2.45, 2.75) is 39.3 Å². The molecule has 1 aromatic carbocycles. The number of halogens is 3. The molecule has 4 nitrogen and oxygen atoms in total. The molecule has 0 amide bonds. The topological polar surface area (TPSA) is 46.1 Å². The maximum absolute atomic E-state index is 12.8. The first-order chi connectivity index (χ1) is 12.8. The summed E-state index contributed by atoms with van der Waals surface area (Å²) in [4.78, 5) is 23.7. The van der Waals surface area contributed by atoms with E-state index in [1.807, 2.05) is 20.0 Å². The highest BCUT2D eigenvalue weighted by molar-refractivity contribution is 5.98. The minimum atomic E-state index is -4.40. The lowest BCUT2D eigenvalue weighted by Gasteiger charge is -2.34. The first kappa shape index (κ1) is 19.3. The van der Waals surface area contributed by atoms with Crippen molar-refractivity contribution < 1.29 is 18.0 Å². The lowest BCUT2D eigenvalue weighted by molar-refractivity contribution is -0.137. The molecular weight excluding hydrogens is 355 g/mol. The Morgan fingerprint density at radius 3 is 2.59 bits per heavy atom. The number of aromatic nitrogens is 2. The fourth-order valence-corrected chi connectivity index (χ4v) is 3.45. The second kappa shape index (κ2) is 7.66. The molecular formula is C20H22F3N3O. The van der Waals surface area contributed by atoms with Crippen molar-refractivity contribution in [1.82, 2.24) is 9.97 Å². The van der Waals surface area contributed by atoms with Crippen molar-refractivity contribution in [2.75, 3.05) is 18.0 Å². The molecule has 1 aromatic heterocycles. The predicted molar refractivity (Wildman–Crippen MR) is 96.9 cm³/mol. The Morgan fingerprint density at radius 1 is 1.26 bits per heavy atom. The number of anilines is 1. The molecule has 0 spiro atoms. The lowest BCUT2D eigenvalue weighted by Crippen LogP contribution is -2.39. The van der Waals surface area contributed by atoms with Crippen LogP contribution in [0, 0.1) is 12.8 Å². The van der Waals surface area contributed by atoms with Gasteiger partial charge in [0.1, 0.15) is 11.6 Å². The molecule has 144 valence electrons. The Labute approximate surface area is 156 Å². The van der Waals surface area contributed by atoms with Crippen LogP contribution < -0.4 is 4.90 Å². The van der Waals surface area contributed by atoms with Crippen molar-refractivity contribution in [1.29, 1.82) is 0 Å². The molecule has 0 aliphatic carbocycles. The molecule has 27 heavy (non-hydrogen) atoms. The van der Waals surface area contributed by atoms with Crippen molar-refractivity contribution in [2.24, 2.45) is 5.92 Å². The summed E-state index contributed by atoms with van der Waals surface area (Å²) in [6.45, 7) is 5.19. The third-order valence-electron chi connectivity index (χ3n) is 4.93. The molecule has 0 bridgehead atoms. The number of alkyl halides is 3. The van der Waals surface area contributed by atoms with Crippen molar-refractivity contribution in [3.8, 4) is 0 Å². The fraction of sp³-hybridized carbons (Fsp3) is 0.450. The number of piperidine rings is 1. The molecule has 0 saturated carbocycles. The number of Topliss-reactive ketones (excluding diaryl/α,β-unsaturated/α-hetero) is 1. The smallest absolute Gasteiger partial charge is 0.356 e. The number of carbonyl (C=O) groups excluding carboxylic acids is 1. The number of carbonyl (C=O) groups is 1. The predicted octanol–water partition coefficient (Wildman–Crippen LogP) is 4.47. The molecule has 1 aliphatic rings. The van der Waals surface area contributed by atoms with E-state index in [0.29, 0.717) is 17.9 Å². The van der Waals surface area contributed by atoms with Gasteiger partial charge in [-0.25, -0.2) is 9.97 Å². The summed E-state index contributed by atoms with van der Waals surface area (Å²) in [5, 5.41) is 0. The van der Waals surface area contributed by atoms with Gasteiger partial charge in [-0.2, -0.15) is 13.2 Å². The van der Waals surface area contributed by atoms with E-state index in [4.69, 9.17) is 0 Å². The van der Waals surface area contributed by atoms with Gasteiger partial charge in [-0.15, -0.1) is 0 Å². The number of hydrogen-bond donors (Lipinski definition) is 0. The summed E-state index contributed by atoms with van der Waals surface area (Å²) in [7, 11) is 0. The second-order valence-electron chi connectivity index (χ2n) is 6.84.